The molecule has 2 nitrogen and oxygen atoms in total. The van der Waals surface area contributed by atoms with E-state index in [1.54, 1.807) is 7.11 Å². The summed E-state index contributed by atoms with van der Waals surface area (Å²) in [5, 5.41) is 3.34. The van der Waals surface area contributed by atoms with Crippen LogP contribution in [0.1, 0.15) is 19.4 Å². The maximum atomic E-state index is 14.0. The van der Waals surface area contributed by atoms with Gasteiger partial charge in [0.2, 0.25) is 0 Å². The van der Waals surface area contributed by atoms with E-state index in [9.17, 15) is 4.39 Å². The second kappa shape index (κ2) is 6.53. The summed E-state index contributed by atoms with van der Waals surface area (Å²) in [6.07, 6.45) is 0. The highest BCUT2D eigenvalue weighted by Crippen LogP contribution is 2.27. The quantitative estimate of drug-likeness (QED) is 0.889. The number of hydrogen-bond donors (Lipinski definition) is 1. The van der Waals surface area contributed by atoms with Gasteiger partial charge in [0.25, 0.3) is 0 Å². The van der Waals surface area contributed by atoms with Crippen molar-refractivity contribution in [2.75, 3.05) is 7.11 Å². The lowest BCUT2D eigenvalue weighted by atomic mass is 10.0. The fourth-order valence-electron chi connectivity index (χ4n) is 2.02. The zero-order chi connectivity index (χ0) is 14.5. The van der Waals surface area contributed by atoms with Crippen LogP contribution < -0.4 is 10.1 Å². The molecule has 0 atom stereocenters. The Morgan fingerprint density at radius 2 is 1.95 bits per heavy atom. The minimum Gasteiger partial charge on any atom is -0.497 e. The van der Waals surface area contributed by atoms with Gasteiger partial charge in [-0.3, -0.25) is 0 Å². The highest BCUT2D eigenvalue weighted by Gasteiger charge is 2.07. The van der Waals surface area contributed by atoms with E-state index in [0.717, 1.165) is 23.4 Å². The summed E-state index contributed by atoms with van der Waals surface area (Å²) in [5.41, 5.74) is 2.50. The van der Waals surface area contributed by atoms with Crippen molar-refractivity contribution in [3.8, 4) is 16.9 Å². The highest BCUT2D eigenvalue weighted by atomic mass is 19.1. The van der Waals surface area contributed by atoms with Crippen LogP contribution >= 0.6 is 0 Å². The summed E-state index contributed by atoms with van der Waals surface area (Å²) in [6.45, 7) is 4.91. The van der Waals surface area contributed by atoms with Crippen LogP contribution in [-0.2, 0) is 6.54 Å². The van der Waals surface area contributed by atoms with Crippen LogP contribution in [0.15, 0.2) is 42.5 Å². The first-order chi connectivity index (χ1) is 9.60. The average molecular weight is 273 g/mol. The van der Waals surface area contributed by atoms with Gasteiger partial charge in [-0.05, 0) is 35.4 Å². The van der Waals surface area contributed by atoms with Crippen molar-refractivity contribution in [1.29, 1.82) is 0 Å². The molecule has 0 aliphatic carbocycles. The van der Waals surface area contributed by atoms with Crippen LogP contribution in [0.3, 0.4) is 0 Å². The van der Waals surface area contributed by atoms with Crippen LogP contribution in [-0.4, -0.2) is 13.2 Å². The predicted molar refractivity (Wildman–Crippen MR) is 80.4 cm³/mol. The molecule has 0 aliphatic rings. The molecule has 106 valence electrons. The Bertz CT molecular complexity index is 581. The third kappa shape index (κ3) is 3.58. The third-order valence-corrected chi connectivity index (χ3v) is 3.13. The first kappa shape index (κ1) is 14.5. The number of hydrogen-bond acceptors (Lipinski definition) is 2. The van der Waals surface area contributed by atoms with E-state index in [1.807, 2.05) is 36.4 Å². The van der Waals surface area contributed by atoms with Crippen LogP contribution in [0.25, 0.3) is 11.1 Å². The fraction of sp³-hybridized carbons (Fsp3) is 0.294. The zero-order valence-electron chi connectivity index (χ0n) is 12.1. The van der Waals surface area contributed by atoms with Crippen LogP contribution in [0.4, 0.5) is 4.39 Å². The molecule has 0 aromatic heterocycles. The zero-order valence-corrected chi connectivity index (χ0v) is 12.1. The van der Waals surface area contributed by atoms with Gasteiger partial charge in [-0.2, -0.15) is 0 Å². The molecule has 2 aromatic rings. The molecule has 0 spiro atoms. The van der Waals surface area contributed by atoms with Gasteiger partial charge in [0.1, 0.15) is 11.6 Å². The molecule has 2 rings (SSSR count). The van der Waals surface area contributed by atoms with Crippen molar-refractivity contribution in [1.82, 2.24) is 5.32 Å². The lowest BCUT2D eigenvalue weighted by Crippen LogP contribution is -2.21. The van der Waals surface area contributed by atoms with Crippen molar-refractivity contribution < 1.29 is 9.13 Å². The van der Waals surface area contributed by atoms with Gasteiger partial charge in [0, 0.05) is 18.2 Å². The predicted octanol–water partition coefficient (Wildman–Crippen LogP) is 4.00. The summed E-state index contributed by atoms with van der Waals surface area (Å²) in [5.74, 6) is 0.513. The summed E-state index contributed by atoms with van der Waals surface area (Å²) in [4.78, 5) is 0. The Balaban J connectivity index is 2.32. The van der Waals surface area contributed by atoms with E-state index in [4.69, 9.17) is 4.74 Å². The number of halogens is 1. The van der Waals surface area contributed by atoms with Gasteiger partial charge in [-0.1, -0.05) is 32.0 Å². The molecular weight excluding hydrogens is 253 g/mol. The number of benzene rings is 2. The topological polar surface area (TPSA) is 21.3 Å². The van der Waals surface area contributed by atoms with E-state index in [0.29, 0.717) is 11.6 Å². The van der Waals surface area contributed by atoms with Crippen molar-refractivity contribution in [3.63, 3.8) is 0 Å². The van der Waals surface area contributed by atoms with Gasteiger partial charge in [-0.15, -0.1) is 0 Å². The van der Waals surface area contributed by atoms with Crippen molar-refractivity contribution in [2.45, 2.75) is 26.4 Å². The van der Waals surface area contributed by atoms with Crippen LogP contribution in [0, 0.1) is 5.82 Å². The largest absolute Gasteiger partial charge is 0.497 e. The average Bonchev–Trinajstić information content (AvgIpc) is 2.46. The molecule has 3 heteroatoms. The van der Waals surface area contributed by atoms with Gasteiger partial charge >= 0.3 is 0 Å². The number of nitrogens with one attached hydrogen (secondary N) is 1. The molecule has 1 N–H and O–H groups in total. The lowest BCUT2D eigenvalue weighted by Gasteiger charge is -2.11. The Morgan fingerprint density at radius 1 is 1.15 bits per heavy atom. The lowest BCUT2D eigenvalue weighted by molar-refractivity contribution is 0.415. The maximum Gasteiger partial charge on any atom is 0.131 e. The van der Waals surface area contributed by atoms with Gasteiger partial charge in [0.05, 0.1) is 7.11 Å². The summed E-state index contributed by atoms with van der Waals surface area (Å²) < 4.78 is 19.2. The monoisotopic (exact) mass is 273 g/mol. The fourth-order valence-corrected chi connectivity index (χ4v) is 2.02. The Labute approximate surface area is 119 Å². The van der Waals surface area contributed by atoms with E-state index in [2.05, 4.69) is 19.2 Å². The normalized spacial score (nSPS) is 10.8. The van der Waals surface area contributed by atoms with E-state index in [-0.39, 0.29) is 5.82 Å². The molecule has 0 saturated heterocycles. The first-order valence-electron chi connectivity index (χ1n) is 6.76. The van der Waals surface area contributed by atoms with Crippen molar-refractivity contribution in [3.05, 3.63) is 53.8 Å². The maximum absolute atomic E-state index is 14.0. The first-order valence-corrected chi connectivity index (χ1v) is 6.76. The van der Waals surface area contributed by atoms with E-state index in [1.165, 1.54) is 6.07 Å². The molecule has 0 unspecified atom stereocenters. The summed E-state index contributed by atoms with van der Waals surface area (Å²) in [7, 11) is 1.61. The van der Waals surface area contributed by atoms with Crippen LogP contribution in [0.5, 0.6) is 5.75 Å². The van der Waals surface area contributed by atoms with Gasteiger partial charge in [0.15, 0.2) is 0 Å². The molecular formula is C17H20FNO. The Morgan fingerprint density at radius 3 is 2.65 bits per heavy atom. The molecule has 0 saturated carbocycles. The summed E-state index contributed by atoms with van der Waals surface area (Å²) in [6, 6.07) is 13.1. The summed E-state index contributed by atoms with van der Waals surface area (Å²) >= 11 is 0. The van der Waals surface area contributed by atoms with E-state index < -0.39 is 0 Å². The molecule has 0 heterocycles. The minimum absolute atomic E-state index is 0.216. The minimum atomic E-state index is -0.216. The Hall–Kier alpha value is -1.87. The second-order valence-corrected chi connectivity index (χ2v) is 5.08. The number of rotatable bonds is 5. The standard InChI is InChI=1S/C17H20FNO/c1-12(2)19-11-13-7-8-17(18)16(9-13)14-5-4-6-15(10-14)20-3/h4-10,12,19H,11H2,1-3H3. The van der Waals surface area contributed by atoms with E-state index >= 15 is 0 Å². The Kier molecular flexibility index (Phi) is 4.74. The molecule has 2 aromatic carbocycles. The van der Waals surface area contributed by atoms with Crippen molar-refractivity contribution >= 4 is 0 Å². The van der Waals surface area contributed by atoms with Crippen LogP contribution in [0.2, 0.25) is 0 Å². The van der Waals surface area contributed by atoms with Gasteiger partial charge < -0.3 is 10.1 Å². The second-order valence-electron chi connectivity index (χ2n) is 5.08. The molecule has 0 fully saturated rings. The molecule has 20 heavy (non-hydrogen) atoms. The number of ether oxygens (including phenoxy) is 1. The third-order valence-electron chi connectivity index (χ3n) is 3.13. The SMILES string of the molecule is COc1cccc(-c2cc(CNC(C)C)ccc2F)c1. The smallest absolute Gasteiger partial charge is 0.131 e. The molecule has 0 bridgehead atoms. The number of methoxy groups -OCH3 is 1. The molecule has 0 radical (unpaired) electrons. The van der Waals surface area contributed by atoms with Crippen molar-refractivity contribution in [2.24, 2.45) is 0 Å². The molecule has 0 amide bonds. The molecule has 0 aliphatic heterocycles. The highest BCUT2D eigenvalue weighted by molar-refractivity contribution is 5.66. The van der Waals surface area contributed by atoms with Gasteiger partial charge in [-0.25, -0.2) is 4.39 Å².